The van der Waals surface area contributed by atoms with Gasteiger partial charge in [-0.2, -0.15) is 0 Å². The van der Waals surface area contributed by atoms with Gasteiger partial charge in [0.1, 0.15) is 0 Å². The molecule has 0 heterocycles. The molecule has 0 saturated carbocycles. The molecule has 0 fully saturated rings. The largest absolute Gasteiger partial charge is 0.481 e. The number of benzene rings is 1. The number of hydrogen-bond donors (Lipinski definition) is 2. The Morgan fingerprint density at radius 3 is 2.31 bits per heavy atom. The molecule has 86 valence electrons. The molecule has 0 bridgehead atoms. The first-order valence-corrected chi connectivity index (χ1v) is 5.22. The van der Waals surface area contributed by atoms with Crippen LogP contribution in [0.15, 0.2) is 24.3 Å². The van der Waals surface area contributed by atoms with Gasteiger partial charge in [0.05, 0.1) is 6.42 Å². The number of amides is 1. The number of rotatable bonds is 5. The van der Waals surface area contributed by atoms with E-state index in [0.717, 1.165) is 6.42 Å². The van der Waals surface area contributed by atoms with E-state index in [1.807, 2.05) is 24.3 Å². The van der Waals surface area contributed by atoms with Gasteiger partial charge < -0.3 is 10.4 Å². The Hall–Kier alpha value is -1.84. The Kier molecular flexibility index (Phi) is 4.51. The van der Waals surface area contributed by atoms with Crippen LogP contribution in [0.2, 0.25) is 0 Å². The van der Waals surface area contributed by atoms with Crippen LogP contribution in [0.4, 0.5) is 5.69 Å². The SMILES string of the molecule is CCc1ccc(NC(=O)CCC(=O)O)cc1. The molecule has 0 radical (unpaired) electrons. The van der Waals surface area contributed by atoms with Crippen LogP contribution in [0.25, 0.3) is 0 Å². The molecule has 0 spiro atoms. The number of carbonyl (C=O) groups excluding carboxylic acids is 1. The van der Waals surface area contributed by atoms with Crippen molar-refractivity contribution in [1.29, 1.82) is 0 Å². The van der Waals surface area contributed by atoms with Crippen LogP contribution in [0, 0.1) is 0 Å². The maximum absolute atomic E-state index is 11.3. The fourth-order valence-corrected chi connectivity index (χ4v) is 1.27. The van der Waals surface area contributed by atoms with Gasteiger partial charge in [0.15, 0.2) is 0 Å². The van der Waals surface area contributed by atoms with Gasteiger partial charge in [0, 0.05) is 12.1 Å². The number of hydrogen-bond acceptors (Lipinski definition) is 2. The molecule has 0 aliphatic heterocycles. The van der Waals surface area contributed by atoms with Gasteiger partial charge in [-0.3, -0.25) is 9.59 Å². The first-order chi connectivity index (χ1) is 7.61. The van der Waals surface area contributed by atoms with Crippen molar-refractivity contribution >= 4 is 17.6 Å². The molecular formula is C12H15NO3. The van der Waals surface area contributed by atoms with Crippen LogP contribution in [0.1, 0.15) is 25.3 Å². The van der Waals surface area contributed by atoms with Crippen molar-refractivity contribution in [1.82, 2.24) is 0 Å². The summed E-state index contributed by atoms with van der Waals surface area (Å²) in [6.07, 6.45) is 0.816. The van der Waals surface area contributed by atoms with E-state index in [0.29, 0.717) is 5.69 Å². The standard InChI is InChI=1S/C12H15NO3/c1-2-9-3-5-10(6-4-9)13-11(14)7-8-12(15)16/h3-6H,2,7-8H2,1H3,(H,13,14)(H,15,16). The maximum atomic E-state index is 11.3. The normalized spacial score (nSPS) is 9.81. The van der Waals surface area contributed by atoms with Gasteiger partial charge in [0.25, 0.3) is 0 Å². The second-order valence-corrected chi connectivity index (χ2v) is 3.49. The molecule has 1 rings (SSSR count). The highest BCUT2D eigenvalue weighted by molar-refractivity contribution is 5.92. The molecule has 2 N–H and O–H groups in total. The van der Waals surface area contributed by atoms with E-state index in [2.05, 4.69) is 12.2 Å². The molecular weight excluding hydrogens is 206 g/mol. The molecule has 0 unspecified atom stereocenters. The number of carboxylic acids is 1. The second-order valence-electron chi connectivity index (χ2n) is 3.49. The van der Waals surface area contributed by atoms with Crippen molar-refractivity contribution in [3.63, 3.8) is 0 Å². The zero-order chi connectivity index (χ0) is 12.0. The Morgan fingerprint density at radius 1 is 1.19 bits per heavy atom. The molecule has 0 aliphatic carbocycles. The third-order valence-electron chi connectivity index (χ3n) is 2.21. The Morgan fingerprint density at radius 2 is 1.81 bits per heavy atom. The van der Waals surface area contributed by atoms with Crippen LogP contribution in [-0.2, 0) is 16.0 Å². The van der Waals surface area contributed by atoms with E-state index in [4.69, 9.17) is 5.11 Å². The highest BCUT2D eigenvalue weighted by atomic mass is 16.4. The number of anilines is 1. The molecule has 4 nitrogen and oxygen atoms in total. The van der Waals surface area contributed by atoms with Gasteiger partial charge in [-0.15, -0.1) is 0 Å². The average molecular weight is 221 g/mol. The average Bonchev–Trinajstić information content (AvgIpc) is 2.27. The highest BCUT2D eigenvalue weighted by Crippen LogP contribution is 2.10. The van der Waals surface area contributed by atoms with Crippen molar-refractivity contribution in [2.24, 2.45) is 0 Å². The van der Waals surface area contributed by atoms with E-state index in [1.165, 1.54) is 5.56 Å². The summed E-state index contributed by atoms with van der Waals surface area (Å²) in [5.74, 6) is -1.23. The minimum atomic E-state index is -0.962. The van der Waals surface area contributed by atoms with Crippen molar-refractivity contribution < 1.29 is 14.7 Å². The fourth-order valence-electron chi connectivity index (χ4n) is 1.27. The summed E-state index contributed by atoms with van der Waals surface area (Å²) in [4.78, 5) is 21.6. The lowest BCUT2D eigenvalue weighted by atomic mass is 10.1. The van der Waals surface area contributed by atoms with Crippen LogP contribution in [0.3, 0.4) is 0 Å². The van der Waals surface area contributed by atoms with Crippen LogP contribution in [-0.4, -0.2) is 17.0 Å². The van der Waals surface area contributed by atoms with E-state index in [-0.39, 0.29) is 18.7 Å². The minimum Gasteiger partial charge on any atom is -0.481 e. The third kappa shape index (κ3) is 4.13. The van der Waals surface area contributed by atoms with Gasteiger partial charge >= 0.3 is 5.97 Å². The predicted octanol–water partition coefficient (Wildman–Crippen LogP) is 2.05. The van der Waals surface area contributed by atoms with Crippen LogP contribution >= 0.6 is 0 Å². The number of carbonyl (C=O) groups is 2. The van der Waals surface area contributed by atoms with Crippen molar-refractivity contribution in [3.05, 3.63) is 29.8 Å². The monoisotopic (exact) mass is 221 g/mol. The Labute approximate surface area is 94.3 Å². The van der Waals surface area contributed by atoms with Gasteiger partial charge in [-0.25, -0.2) is 0 Å². The van der Waals surface area contributed by atoms with E-state index < -0.39 is 5.97 Å². The zero-order valence-electron chi connectivity index (χ0n) is 9.19. The van der Waals surface area contributed by atoms with E-state index in [9.17, 15) is 9.59 Å². The van der Waals surface area contributed by atoms with Crippen LogP contribution in [0.5, 0.6) is 0 Å². The zero-order valence-corrected chi connectivity index (χ0v) is 9.19. The summed E-state index contributed by atoms with van der Waals surface area (Å²) in [5.41, 5.74) is 1.90. The molecule has 0 aliphatic rings. The molecule has 1 amide bonds. The molecule has 1 aromatic rings. The first-order valence-electron chi connectivity index (χ1n) is 5.22. The van der Waals surface area contributed by atoms with E-state index >= 15 is 0 Å². The topological polar surface area (TPSA) is 66.4 Å². The smallest absolute Gasteiger partial charge is 0.303 e. The molecule has 16 heavy (non-hydrogen) atoms. The quantitative estimate of drug-likeness (QED) is 0.799. The molecule has 0 saturated heterocycles. The summed E-state index contributed by atoms with van der Waals surface area (Å²) < 4.78 is 0. The third-order valence-corrected chi connectivity index (χ3v) is 2.21. The number of aliphatic carboxylic acids is 1. The molecule has 0 atom stereocenters. The van der Waals surface area contributed by atoms with Crippen molar-refractivity contribution in [3.8, 4) is 0 Å². The van der Waals surface area contributed by atoms with E-state index in [1.54, 1.807) is 0 Å². The Bertz CT molecular complexity index is 370. The summed E-state index contributed by atoms with van der Waals surface area (Å²) in [6, 6.07) is 7.51. The van der Waals surface area contributed by atoms with Gasteiger partial charge in [-0.05, 0) is 24.1 Å². The van der Waals surface area contributed by atoms with Crippen LogP contribution < -0.4 is 5.32 Å². The number of aryl methyl sites for hydroxylation is 1. The summed E-state index contributed by atoms with van der Waals surface area (Å²) >= 11 is 0. The van der Waals surface area contributed by atoms with Gasteiger partial charge in [-0.1, -0.05) is 19.1 Å². The lowest BCUT2D eigenvalue weighted by molar-refractivity contribution is -0.138. The predicted molar refractivity (Wildman–Crippen MR) is 61.3 cm³/mol. The van der Waals surface area contributed by atoms with Gasteiger partial charge in [0.2, 0.25) is 5.91 Å². The van der Waals surface area contributed by atoms with Crippen molar-refractivity contribution in [2.75, 3.05) is 5.32 Å². The molecule has 1 aromatic carbocycles. The molecule has 0 aromatic heterocycles. The summed E-state index contributed by atoms with van der Waals surface area (Å²) in [6.45, 7) is 2.06. The summed E-state index contributed by atoms with van der Waals surface area (Å²) in [7, 11) is 0. The molecule has 4 heteroatoms. The summed E-state index contributed by atoms with van der Waals surface area (Å²) in [5, 5.41) is 11.1. The number of nitrogens with one attached hydrogen (secondary N) is 1. The second kappa shape index (κ2) is 5.90. The van der Waals surface area contributed by atoms with Crippen molar-refractivity contribution in [2.45, 2.75) is 26.2 Å². The Balaban J connectivity index is 2.46. The minimum absolute atomic E-state index is 0.00482. The fraction of sp³-hybridized carbons (Fsp3) is 0.333. The highest BCUT2D eigenvalue weighted by Gasteiger charge is 2.05. The number of carboxylic acid groups (broad SMARTS) is 1. The lowest BCUT2D eigenvalue weighted by Gasteiger charge is -2.04. The first kappa shape index (κ1) is 12.2. The maximum Gasteiger partial charge on any atom is 0.303 e. The lowest BCUT2D eigenvalue weighted by Crippen LogP contribution is -2.13.